The Morgan fingerprint density at radius 2 is 1.56 bits per heavy atom. The fraction of sp³-hybridized carbons (Fsp3) is 0.550. The number of rotatable bonds is 1. The number of nitrogens with zero attached hydrogens (tertiary/aromatic N) is 2. The van der Waals surface area contributed by atoms with E-state index in [0.717, 1.165) is 42.8 Å². The van der Waals surface area contributed by atoms with Crippen molar-refractivity contribution >= 4 is 23.5 Å². The molecule has 0 aliphatic carbocycles. The molecule has 0 unspecified atom stereocenters. The summed E-state index contributed by atoms with van der Waals surface area (Å²) in [6, 6.07) is 8.13. The monoisotopic (exact) mass is 370 g/mol. The summed E-state index contributed by atoms with van der Waals surface area (Å²) in [7, 11) is 1.53. The predicted molar refractivity (Wildman–Crippen MR) is 105 cm³/mol. The number of hydrogen-bond acceptors (Lipinski definition) is 5. The van der Waals surface area contributed by atoms with Crippen LogP contribution in [0.1, 0.15) is 33.3 Å². The topological polar surface area (TPSA) is 65.6 Å². The molecule has 1 aromatic carbocycles. The average Bonchev–Trinajstić information content (AvgIpc) is 3.13. The highest BCUT2D eigenvalue weighted by Gasteiger charge is 2.51. The van der Waals surface area contributed by atoms with Gasteiger partial charge in [-0.25, -0.2) is 0 Å². The van der Waals surface area contributed by atoms with Crippen molar-refractivity contribution in [3.05, 3.63) is 30.0 Å². The molecule has 4 rings (SSSR count). The van der Waals surface area contributed by atoms with E-state index in [0.29, 0.717) is 5.56 Å². The van der Waals surface area contributed by atoms with Gasteiger partial charge in [0.25, 0.3) is 0 Å². The zero-order valence-corrected chi connectivity index (χ0v) is 16.7. The molecular formula is C20H27BN2O4. The highest BCUT2D eigenvalue weighted by Crippen LogP contribution is 2.36. The molecule has 2 fully saturated rings. The zero-order valence-electron chi connectivity index (χ0n) is 16.7. The lowest BCUT2D eigenvalue weighted by atomic mass is 9.78. The van der Waals surface area contributed by atoms with Gasteiger partial charge < -0.3 is 23.3 Å². The van der Waals surface area contributed by atoms with Crippen LogP contribution in [0, 0.1) is 11.3 Å². The molecule has 2 aromatic rings. The molecule has 1 aromatic heterocycles. The maximum atomic E-state index is 9.38. The van der Waals surface area contributed by atoms with Gasteiger partial charge in [-0.1, -0.05) is 0 Å². The van der Waals surface area contributed by atoms with Gasteiger partial charge in [0.2, 0.25) is 0 Å². The second kappa shape index (κ2) is 7.65. The second-order valence-corrected chi connectivity index (χ2v) is 7.85. The van der Waals surface area contributed by atoms with Gasteiger partial charge in [-0.15, -0.1) is 0 Å². The van der Waals surface area contributed by atoms with Crippen LogP contribution in [0.3, 0.4) is 0 Å². The number of nitriles is 1. The highest BCUT2D eigenvalue weighted by atomic mass is 16.7. The van der Waals surface area contributed by atoms with Crippen LogP contribution in [0.2, 0.25) is 0 Å². The third-order valence-corrected chi connectivity index (χ3v) is 5.42. The number of aromatic nitrogens is 1. The Morgan fingerprint density at radius 1 is 1.00 bits per heavy atom. The number of ether oxygens (including phenoxy) is 2. The van der Waals surface area contributed by atoms with Gasteiger partial charge in [-0.2, -0.15) is 5.26 Å². The van der Waals surface area contributed by atoms with Gasteiger partial charge in [-0.3, -0.25) is 0 Å². The summed E-state index contributed by atoms with van der Waals surface area (Å²) in [6.07, 6.45) is 1.96. The van der Waals surface area contributed by atoms with E-state index in [1.165, 1.54) is 0 Å². The lowest BCUT2D eigenvalue weighted by Crippen LogP contribution is -2.41. The molecule has 0 radical (unpaired) electrons. The lowest BCUT2D eigenvalue weighted by molar-refractivity contribution is -0.0334. The van der Waals surface area contributed by atoms with E-state index >= 15 is 0 Å². The van der Waals surface area contributed by atoms with E-state index in [1.54, 1.807) is 0 Å². The first-order valence-electron chi connectivity index (χ1n) is 9.25. The van der Waals surface area contributed by atoms with Crippen LogP contribution in [0.15, 0.2) is 24.4 Å². The van der Waals surface area contributed by atoms with Gasteiger partial charge >= 0.3 is 7.12 Å². The number of benzene rings is 1. The molecule has 144 valence electrons. The highest BCUT2D eigenvalue weighted by molar-refractivity contribution is 6.62. The largest absolute Gasteiger partial charge is 0.494 e. The Kier molecular flexibility index (Phi) is 5.64. The molecule has 2 aliphatic rings. The summed E-state index contributed by atoms with van der Waals surface area (Å²) in [6.45, 7) is 11.2. The first kappa shape index (κ1) is 19.9. The van der Waals surface area contributed by atoms with Gasteiger partial charge in [0, 0.05) is 24.1 Å². The van der Waals surface area contributed by atoms with Crippen LogP contribution in [-0.4, -0.2) is 49.3 Å². The lowest BCUT2D eigenvalue weighted by Gasteiger charge is -2.32. The molecular weight excluding hydrogens is 343 g/mol. The standard InChI is InChI=1S/C16H19BN2O2.C4H8O2/c1-15(2)16(3,4)21-17(20-15)12-8-11(10-18)13-6-7-19(5)14(13)9-12;1-2-6-4-3-5-1/h6-9H,1-5H3;1-4H2. The molecule has 27 heavy (non-hydrogen) atoms. The first-order chi connectivity index (χ1) is 12.7. The van der Waals surface area contributed by atoms with Crippen molar-refractivity contribution in [2.45, 2.75) is 38.9 Å². The Morgan fingerprint density at radius 3 is 2.04 bits per heavy atom. The van der Waals surface area contributed by atoms with Crippen molar-refractivity contribution in [1.82, 2.24) is 4.57 Å². The van der Waals surface area contributed by atoms with Crippen molar-refractivity contribution in [2.75, 3.05) is 26.4 Å². The van der Waals surface area contributed by atoms with Crippen LogP contribution in [0.4, 0.5) is 0 Å². The van der Waals surface area contributed by atoms with Crippen LogP contribution in [0.25, 0.3) is 10.9 Å². The van der Waals surface area contributed by atoms with E-state index in [2.05, 4.69) is 6.07 Å². The summed E-state index contributed by atoms with van der Waals surface area (Å²) in [5.41, 5.74) is 1.79. The summed E-state index contributed by atoms with van der Waals surface area (Å²) >= 11 is 0. The predicted octanol–water partition coefficient (Wildman–Crippen LogP) is 2.38. The Hall–Kier alpha value is -1.85. The Labute approximate surface area is 161 Å². The van der Waals surface area contributed by atoms with Crippen molar-refractivity contribution in [2.24, 2.45) is 7.05 Å². The molecule has 6 nitrogen and oxygen atoms in total. The maximum absolute atomic E-state index is 9.38. The zero-order chi connectivity index (χ0) is 19.7. The van der Waals surface area contributed by atoms with Crippen molar-refractivity contribution in [3.63, 3.8) is 0 Å². The van der Waals surface area contributed by atoms with Crippen LogP contribution in [-0.2, 0) is 25.8 Å². The summed E-state index contributed by atoms with van der Waals surface area (Å²) < 4.78 is 24.0. The third kappa shape index (κ3) is 4.04. The van der Waals surface area contributed by atoms with Gasteiger partial charge in [-0.05, 0) is 51.4 Å². The van der Waals surface area contributed by atoms with Crippen molar-refractivity contribution in [1.29, 1.82) is 5.26 Å². The Bertz CT molecular complexity index is 822. The fourth-order valence-electron chi connectivity index (χ4n) is 3.04. The molecule has 0 atom stereocenters. The molecule has 0 bridgehead atoms. The van der Waals surface area contributed by atoms with E-state index in [9.17, 15) is 5.26 Å². The molecule has 0 amide bonds. The fourth-order valence-corrected chi connectivity index (χ4v) is 3.04. The second-order valence-electron chi connectivity index (χ2n) is 7.85. The van der Waals surface area contributed by atoms with Gasteiger partial charge in [0.05, 0.1) is 49.3 Å². The van der Waals surface area contributed by atoms with Gasteiger partial charge in [0.15, 0.2) is 0 Å². The molecule has 0 N–H and O–H groups in total. The minimum atomic E-state index is -0.443. The maximum Gasteiger partial charge on any atom is 0.494 e. The van der Waals surface area contributed by atoms with Crippen LogP contribution in [0.5, 0.6) is 0 Å². The molecule has 2 saturated heterocycles. The van der Waals surface area contributed by atoms with Gasteiger partial charge in [0.1, 0.15) is 0 Å². The summed E-state index contributed by atoms with van der Waals surface area (Å²) in [5, 5.41) is 10.3. The first-order valence-corrected chi connectivity index (χ1v) is 9.25. The van der Waals surface area contributed by atoms with Crippen molar-refractivity contribution in [3.8, 4) is 6.07 Å². The summed E-state index contributed by atoms with van der Waals surface area (Å²) in [5.74, 6) is 0. The van der Waals surface area contributed by atoms with E-state index in [1.807, 2.05) is 63.7 Å². The SMILES string of the molecule is C1COCCO1.Cn1ccc2c(C#N)cc(B3OC(C)(C)C(C)(C)O3)cc21. The number of fused-ring (bicyclic) bond motifs is 1. The normalized spacial score (nSPS) is 20.8. The molecule has 2 aliphatic heterocycles. The third-order valence-electron chi connectivity index (χ3n) is 5.42. The Balaban J connectivity index is 0.000000299. The average molecular weight is 370 g/mol. The quantitative estimate of drug-likeness (QED) is 0.722. The summed E-state index contributed by atoms with van der Waals surface area (Å²) in [4.78, 5) is 0. The molecule has 0 saturated carbocycles. The molecule has 0 spiro atoms. The minimum Gasteiger partial charge on any atom is -0.399 e. The van der Waals surface area contributed by atoms with E-state index < -0.39 is 7.12 Å². The molecule has 7 heteroatoms. The number of aryl methyl sites for hydroxylation is 1. The molecule has 3 heterocycles. The smallest absolute Gasteiger partial charge is 0.399 e. The minimum absolute atomic E-state index is 0.381. The van der Waals surface area contributed by atoms with Crippen LogP contribution < -0.4 is 5.46 Å². The number of hydrogen-bond donors (Lipinski definition) is 0. The van der Waals surface area contributed by atoms with E-state index in [4.69, 9.17) is 18.8 Å². The van der Waals surface area contributed by atoms with E-state index in [-0.39, 0.29) is 11.2 Å². The van der Waals surface area contributed by atoms with Crippen molar-refractivity contribution < 1.29 is 18.8 Å². The van der Waals surface area contributed by atoms with Crippen LogP contribution >= 0.6 is 0 Å².